The lowest BCUT2D eigenvalue weighted by atomic mass is 10.1. The Kier molecular flexibility index (Phi) is 4.39. The zero-order valence-corrected chi connectivity index (χ0v) is 12.9. The first-order chi connectivity index (χ1) is 11.0. The quantitative estimate of drug-likeness (QED) is 0.936. The minimum Gasteiger partial charge on any atom is -0.325 e. The Morgan fingerprint density at radius 2 is 2.00 bits per heavy atom. The van der Waals surface area contributed by atoms with Crippen LogP contribution in [0.15, 0.2) is 42.5 Å². The number of anilines is 1. The predicted octanol–water partition coefficient (Wildman–Crippen LogP) is 3.52. The first-order valence-corrected chi connectivity index (χ1v) is 7.57. The number of nitrogens with zero attached hydrogens (tertiary/aromatic N) is 1. The fraction of sp³-hybridized carbons (Fsp3) is 0.278. The van der Waals surface area contributed by atoms with Gasteiger partial charge in [0.1, 0.15) is 0 Å². The molecule has 2 aromatic carbocycles. The highest BCUT2D eigenvalue weighted by atomic mass is 19.2. The molecule has 0 aliphatic heterocycles. The topological polar surface area (TPSA) is 32.3 Å². The van der Waals surface area contributed by atoms with E-state index in [1.165, 1.54) is 17.2 Å². The van der Waals surface area contributed by atoms with Crippen LogP contribution in [0.1, 0.15) is 23.6 Å². The summed E-state index contributed by atoms with van der Waals surface area (Å²) in [5, 5.41) is 2.60. The van der Waals surface area contributed by atoms with Crippen LogP contribution in [0.3, 0.4) is 0 Å². The highest BCUT2D eigenvalue weighted by Gasteiger charge is 2.26. The van der Waals surface area contributed by atoms with Crippen LogP contribution in [0, 0.1) is 11.6 Å². The zero-order valence-electron chi connectivity index (χ0n) is 12.9. The summed E-state index contributed by atoms with van der Waals surface area (Å²) in [6.07, 6.45) is 1.99. The fourth-order valence-electron chi connectivity index (χ4n) is 3.10. The largest absolute Gasteiger partial charge is 0.325 e. The number of carbonyl (C=O) groups is 1. The van der Waals surface area contributed by atoms with Crippen LogP contribution in [-0.2, 0) is 11.2 Å². The van der Waals surface area contributed by atoms with E-state index >= 15 is 0 Å². The van der Waals surface area contributed by atoms with Crippen molar-refractivity contribution in [2.75, 3.05) is 18.9 Å². The van der Waals surface area contributed by atoms with Crippen molar-refractivity contribution in [1.82, 2.24) is 4.90 Å². The Labute approximate surface area is 133 Å². The zero-order chi connectivity index (χ0) is 16.4. The molecule has 5 heteroatoms. The van der Waals surface area contributed by atoms with Crippen molar-refractivity contribution in [3.8, 4) is 0 Å². The SMILES string of the molecule is CN(CC(=O)Nc1ccc(F)c(F)c1)[C@@H]1CCc2ccccc21. The highest BCUT2D eigenvalue weighted by Crippen LogP contribution is 2.34. The minimum atomic E-state index is -0.971. The van der Waals surface area contributed by atoms with Gasteiger partial charge in [0.2, 0.25) is 5.91 Å². The monoisotopic (exact) mass is 316 g/mol. The molecule has 1 aliphatic rings. The van der Waals surface area contributed by atoms with Gasteiger partial charge in [-0.1, -0.05) is 24.3 Å². The van der Waals surface area contributed by atoms with Gasteiger partial charge in [0.05, 0.1) is 6.54 Å². The predicted molar refractivity (Wildman–Crippen MR) is 85.1 cm³/mol. The van der Waals surface area contributed by atoms with E-state index in [4.69, 9.17) is 0 Å². The maximum absolute atomic E-state index is 13.2. The van der Waals surface area contributed by atoms with Crippen molar-refractivity contribution in [3.05, 3.63) is 65.2 Å². The third-order valence-electron chi connectivity index (χ3n) is 4.23. The van der Waals surface area contributed by atoms with Crippen LogP contribution in [0.25, 0.3) is 0 Å². The number of halogens is 2. The molecule has 0 heterocycles. The van der Waals surface area contributed by atoms with Gasteiger partial charge in [-0.25, -0.2) is 8.78 Å². The molecule has 0 fully saturated rings. The van der Waals surface area contributed by atoms with Gasteiger partial charge in [0.25, 0.3) is 0 Å². The van der Waals surface area contributed by atoms with Crippen molar-refractivity contribution in [1.29, 1.82) is 0 Å². The average Bonchev–Trinajstić information content (AvgIpc) is 2.95. The van der Waals surface area contributed by atoms with Gasteiger partial charge >= 0.3 is 0 Å². The van der Waals surface area contributed by atoms with Crippen molar-refractivity contribution in [3.63, 3.8) is 0 Å². The lowest BCUT2D eigenvalue weighted by molar-refractivity contribution is -0.117. The Morgan fingerprint density at radius 3 is 2.78 bits per heavy atom. The molecular weight excluding hydrogens is 298 g/mol. The first kappa shape index (κ1) is 15.6. The van der Waals surface area contributed by atoms with Crippen LogP contribution >= 0.6 is 0 Å². The number of hydrogen-bond acceptors (Lipinski definition) is 2. The maximum atomic E-state index is 13.2. The van der Waals surface area contributed by atoms with Crippen molar-refractivity contribution in [2.45, 2.75) is 18.9 Å². The molecule has 1 N–H and O–H groups in total. The summed E-state index contributed by atoms with van der Waals surface area (Å²) < 4.78 is 26.1. The highest BCUT2D eigenvalue weighted by molar-refractivity contribution is 5.92. The second kappa shape index (κ2) is 6.46. The molecular formula is C18H18F2N2O. The Bertz CT molecular complexity index is 733. The Morgan fingerprint density at radius 1 is 1.22 bits per heavy atom. The second-order valence-electron chi connectivity index (χ2n) is 5.85. The Hall–Kier alpha value is -2.27. The molecule has 2 aromatic rings. The van der Waals surface area contributed by atoms with Crippen LogP contribution in [0.5, 0.6) is 0 Å². The van der Waals surface area contributed by atoms with Crippen LogP contribution in [-0.4, -0.2) is 24.4 Å². The lowest BCUT2D eigenvalue weighted by Gasteiger charge is -2.24. The van der Waals surface area contributed by atoms with Crippen LogP contribution in [0.4, 0.5) is 14.5 Å². The number of likely N-dealkylation sites (N-methyl/N-ethyl adjacent to an activating group) is 1. The normalized spacial score (nSPS) is 16.4. The molecule has 3 rings (SSSR count). The number of benzene rings is 2. The number of amides is 1. The lowest BCUT2D eigenvalue weighted by Crippen LogP contribution is -2.32. The number of nitrogens with one attached hydrogen (secondary N) is 1. The molecule has 0 bridgehead atoms. The summed E-state index contributed by atoms with van der Waals surface area (Å²) in [6, 6.07) is 11.8. The van der Waals surface area contributed by atoms with Crippen LogP contribution < -0.4 is 5.32 Å². The van der Waals surface area contributed by atoms with Gasteiger partial charge in [0.15, 0.2) is 11.6 Å². The number of rotatable bonds is 4. The molecule has 0 saturated carbocycles. The smallest absolute Gasteiger partial charge is 0.238 e. The van der Waals surface area contributed by atoms with Gasteiger partial charge in [-0.2, -0.15) is 0 Å². The molecule has 120 valence electrons. The van der Waals surface area contributed by atoms with Gasteiger partial charge in [0, 0.05) is 17.8 Å². The maximum Gasteiger partial charge on any atom is 0.238 e. The van der Waals surface area contributed by atoms with E-state index in [1.54, 1.807) is 0 Å². The van der Waals surface area contributed by atoms with Gasteiger partial charge in [-0.05, 0) is 43.1 Å². The molecule has 0 spiro atoms. The molecule has 0 saturated heterocycles. The van der Waals surface area contributed by atoms with E-state index in [9.17, 15) is 13.6 Å². The van der Waals surface area contributed by atoms with Crippen molar-refractivity contribution >= 4 is 11.6 Å². The van der Waals surface area contributed by atoms with E-state index in [2.05, 4.69) is 17.4 Å². The molecule has 1 atom stereocenters. The molecule has 1 amide bonds. The fourth-order valence-corrected chi connectivity index (χ4v) is 3.10. The molecule has 0 unspecified atom stereocenters. The summed E-state index contributed by atoms with van der Waals surface area (Å²) in [5.74, 6) is -2.15. The molecule has 1 aliphatic carbocycles. The number of hydrogen-bond donors (Lipinski definition) is 1. The van der Waals surface area contributed by atoms with E-state index in [-0.39, 0.29) is 24.2 Å². The Balaban J connectivity index is 1.63. The third-order valence-corrected chi connectivity index (χ3v) is 4.23. The number of aryl methyl sites for hydroxylation is 1. The van der Waals surface area contributed by atoms with Crippen molar-refractivity contribution < 1.29 is 13.6 Å². The summed E-state index contributed by atoms with van der Waals surface area (Å²) in [4.78, 5) is 14.1. The van der Waals surface area contributed by atoms with E-state index in [0.717, 1.165) is 25.0 Å². The average molecular weight is 316 g/mol. The molecule has 3 nitrogen and oxygen atoms in total. The summed E-state index contributed by atoms with van der Waals surface area (Å²) in [5.41, 5.74) is 2.84. The summed E-state index contributed by atoms with van der Waals surface area (Å²) >= 11 is 0. The second-order valence-corrected chi connectivity index (χ2v) is 5.85. The summed E-state index contributed by atoms with van der Waals surface area (Å²) in [7, 11) is 1.90. The number of carbonyl (C=O) groups excluding carboxylic acids is 1. The van der Waals surface area contributed by atoms with Gasteiger partial charge in [-0.3, -0.25) is 9.69 Å². The standard InChI is InChI=1S/C18H18F2N2O/c1-22(17-9-6-12-4-2-3-5-14(12)17)11-18(23)21-13-7-8-15(19)16(20)10-13/h2-5,7-8,10,17H,6,9,11H2,1H3,(H,21,23)/t17-/m1/s1. The minimum absolute atomic E-state index is 0.192. The number of fused-ring (bicyclic) bond motifs is 1. The van der Waals surface area contributed by atoms with E-state index in [1.807, 2.05) is 24.1 Å². The van der Waals surface area contributed by atoms with Gasteiger partial charge < -0.3 is 5.32 Å². The van der Waals surface area contributed by atoms with Crippen LogP contribution in [0.2, 0.25) is 0 Å². The summed E-state index contributed by atoms with van der Waals surface area (Å²) in [6.45, 7) is 0.192. The van der Waals surface area contributed by atoms with Crippen molar-refractivity contribution in [2.24, 2.45) is 0 Å². The molecule has 23 heavy (non-hydrogen) atoms. The first-order valence-electron chi connectivity index (χ1n) is 7.57. The molecule has 0 radical (unpaired) electrons. The third kappa shape index (κ3) is 3.40. The van der Waals surface area contributed by atoms with E-state index < -0.39 is 11.6 Å². The van der Waals surface area contributed by atoms with E-state index in [0.29, 0.717) is 0 Å². The van der Waals surface area contributed by atoms with Gasteiger partial charge in [-0.15, -0.1) is 0 Å². The molecule has 0 aromatic heterocycles.